The summed E-state index contributed by atoms with van der Waals surface area (Å²) in [6.45, 7) is 3.56. The lowest BCUT2D eigenvalue weighted by Gasteiger charge is -2.22. The standard InChI is InChI=1S/C21H19N3O4/c1-13-3-2-4-14(9-13)20-22-21(28-23-20)15-10-19(25)24(12-15)16-5-6-17-18(11-16)27-8-7-26-17/h2-6,9,11,15H,7-8,10,12H2,1H3/t15-/m1/s1. The molecular formula is C21H19N3O4. The molecule has 28 heavy (non-hydrogen) atoms. The predicted molar refractivity (Wildman–Crippen MR) is 102 cm³/mol. The second kappa shape index (κ2) is 6.67. The van der Waals surface area contributed by atoms with Crippen molar-refractivity contribution in [1.82, 2.24) is 10.1 Å². The minimum atomic E-state index is -0.133. The van der Waals surface area contributed by atoms with Gasteiger partial charge in [-0.3, -0.25) is 4.79 Å². The van der Waals surface area contributed by atoms with Gasteiger partial charge in [-0.25, -0.2) is 0 Å². The molecular weight excluding hydrogens is 358 g/mol. The number of hydrogen-bond acceptors (Lipinski definition) is 6. The van der Waals surface area contributed by atoms with Crippen molar-refractivity contribution in [1.29, 1.82) is 0 Å². The molecule has 0 unspecified atom stereocenters. The van der Waals surface area contributed by atoms with Crippen molar-refractivity contribution in [3.8, 4) is 22.9 Å². The molecule has 0 saturated carbocycles. The van der Waals surface area contributed by atoms with E-state index in [1.54, 1.807) is 4.90 Å². The number of hydrogen-bond donors (Lipinski definition) is 0. The number of anilines is 1. The minimum absolute atomic E-state index is 0.0250. The molecule has 5 rings (SSSR count). The summed E-state index contributed by atoms with van der Waals surface area (Å²) < 4.78 is 16.7. The van der Waals surface area contributed by atoms with Crippen molar-refractivity contribution in [3.63, 3.8) is 0 Å². The maximum absolute atomic E-state index is 12.6. The molecule has 0 radical (unpaired) electrons. The van der Waals surface area contributed by atoms with Gasteiger partial charge in [-0.1, -0.05) is 28.9 Å². The molecule has 1 saturated heterocycles. The van der Waals surface area contributed by atoms with Crippen LogP contribution in [-0.4, -0.2) is 35.8 Å². The summed E-state index contributed by atoms with van der Waals surface area (Å²) in [6, 6.07) is 13.5. The van der Waals surface area contributed by atoms with E-state index in [1.807, 2.05) is 49.4 Å². The molecule has 1 fully saturated rings. The molecule has 0 aliphatic carbocycles. The fourth-order valence-electron chi connectivity index (χ4n) is 3.62. The normalized spacial score (nSPS) is 18.5. The molecule has 3 aromatic rings. The van der Waals surface area contributed by atoms with Gasteiger partial charge in [0.2, 0.25) is 17.6 Å². The molecule has 1 amide bonds. The van der Waals surface area contributed by atoms with Gasteiger partial charge in [-0.2, -0.15) is 4.98 Å². The Balaban J connectivity index is 1.37. The highest BCUT2D eigenvalue weighted by atomic mass is 16.6. The van der Waals surface area contributed by atoms with Crippen LogP contribution in [-0.2, 0) is 4.79 Å². The van der Waals surface area contributed by atoms with E-state index in [4.69, 9.17) is 14.0 Å². The van der Waals surface area contributed by atoms with E-state index >= 15 is 0 Å². The van der Waals surface area contributed by atoms with Crippen LogP contribution in [0.2, 0.25) is 0 Å². The predicted octanol–water partition coefficient (Wildman–Crippen LogP) is 3.34. The zero-order chi connectivity index (χ0) is 19.1. The topological polar surface area (TPSA) is 77.7 Å². The molecule has 3 heterocycles. The number of fused-ring (bicyclic) bond motifs is 1. The summed E-state index contributed by atoms with van der Waals surface area (Å²) in [7, 11) is 0. The SMILES string of the molecule is Cc1cccc(-c2noc([C@@H]3CC(=O)N(c4ccc5c(c4)OCCO5)C3)n2)c1. The summed E-state index contributed by atoms with van der Waals surface area (Å²) in [5.74, 6) is 2.30. The Bertz CT molecular complexity index is 1050. The van der Waals surface area contributed by atoms with Crippen LogP contribution >= 0.6 is 0 Å². The van der Waals surface area contributed by atoms with E-state index in [9.17, 15) is 4.79 Å². The Morgan fingerprint density at radius 2 is 1.93 bits per heavy atom. The summed E-state index contributed by atoms with van der Waals surface area (Å²) in [4.78, 5) is 18.9. The molecule has 7 nitrogen and oxygen atoms in total. The maximum atomic E-state index is 12.6. The van der Waals surface area contributed by atoms with E-state index in [1.165, 1.54) is 0 Å². The molecule has 2 aromatic carbocycles. The van der Waals surface area contributed by atoms with Gasteiger partial charge in [0.25, 0.3) is 0 Å². The molecule has 0 spiro atoms. The number of ether oxygens (including phenoxy) is 2. The Hall–Kier alpha value is -3.35. The number of carbonyl (C=O) groups excluding carboxylic acids is 1. The zero-order valence-electron chi connectivity index (χ0n) is 15.4. The van der Waals surface area contributed by atoms with Crippen molar-refractivity contribution in [2.75, 3.05) is 24.7 Å². The fraction of sp³-hybridized carbons (Fsp3) is 0.286. The van der Waals surface area contributed by atoms with Crippen molar-refractivity contribution in [2.24, 2.45) is 0 Å². The molecule has 7 heteroatoms. The first-order valence-corrected chi connectivity index (χ1v) is 9.28. The van der Waals surface area contributed by atoms with E-state index in [0.717, 1.165) is 16.8 Å². The second-order valence-corrected chi connectivity index (χ2v) is 7.06. The third-order valence-electron chi connectivity index (χ3n) is 5.03. The Morgan fingerprint density at radius 1 is 1.07 bits per heavy atom. The highest BCUT2D eigenvalue weighted by Crippen LogP contribution is 2.37. The second-order valence-electron chi connectivity index (χ2n) is 7.06. The molecule has 142 valence electrons. The van der Waals surface area contributed by atoms with Gasteiger partial charge in [-0.15, -0.1) is 0 Å². The fourth-order valence-corrected chi connectivity index (χ4v) is 3.62. The van der Waals surface area contributed by atoms with Gasteiger partial charge in [0.05, 0.1) is 5.92 Å². The molecule has 1 aromatic heterocycles. The van der Waals surface area contributed by atoms with Crippen molar-refractivity contribution < 1.29 is 18.8 Å². The average Bonchev–Trinajstić information content (AvgIpc) is 3.34. The Morgan fingerprint density at radius 3 is 2.79 bits per heavy atom. The average molecular weight is 377 g/mol. The quantitative estimate of drug-likeness (QED) is 0.697. The van der Waals surface area contributed by atoms with Crippen LogP contribution < -0.4 is 14.4 Å². The van der Waals surface area contributed by atoms with Gasteiger partial charge >= 0.3 is 0 Å². The number of carbonyl (C=O) groups is 1. The summed E-state index contributed by atoms with van der Waals surface area (Å²) >= 11 is 0. The van der Waals surface area contributed by atoms with Crippen molar-refractivity contribution in [3.05, 3.63) is 53.9 Å². The van der Waals surface area contributed by atoms with Crippen LogP contribution in [0, 0.1) is 6.92 Å². The highest BCUT2D eigenvalue weighted by molar-refractivity contribution is 5.96. The van der Waals surface area contributed by atoms with Crippen molar-refractivity contribution in [2.45, 2.75) is 19.3 Å². The first-order valence-electron chi connectivity index (χ1n) is 9.28. The van der Waals surface area contributed by atoms with Crippen LogP contribution in [0.15, 0.2) is 47.0 Å². The number of aromatic nitrogens is 2. The number of nitrogens with zero attached hydrogens (tertiary/aromatic N) is 3. The summed E-state index contributed by atoms with van der Waals surface area (Å²) in [5, 5.41) is 4.10. The molecule has 2 aliphatic rings. The number of rotatable bonds is 3. The van der Waals surface area contributed by atoms with Crippen LogP contribution in [0.3, 0.4) is 0 Å². The van der Waals surface area contributed by atoms with Gasteiger partial charge in [-0.05, 0) is 25.1 Å². The van der Waals surface area contributed by atoms with Gasteiger partial charge in [0, 0.05) is 30.3 Å². The van der Waals surface area contributed by atoms with Crippen LogP contribution in [0.5, 0.6) is 11.5 Å². The Kier molecular flexibility index (Phi) is 4.00. The maximum Gasteiger partial charge on any atom is 0.232 e. The lowest BCUT2D eigenvalue weighted by Crippen LogP contribution is -2.24. The van der Waals surface area contributed by atoms with Gasteiger partial charge in [0.1, 0.15) is 13.2 Å². The largest absolute Gasteiger partial charge is 0.486 e. The number of amides is 1. The number of benzene rings is 2. The van der Waals surface area contributed by atoms with E-state index in [-0.39, 0.29) is 11.8 Å². The monoisotopic (exact) mass is 377 g/mol. The third kappa shape index (κ3) is 2.98. The van der Waals surface area contributed by atoms with E-state index in [0.29, 0.717) is 49.4 Å². The van der Waals surface area contributed by atoms with E-state index < -0.39 is 0 Å². The van der Waals surface area contributed by atoms with Gasteiger partial charge in [0.15, 0.2) is 11.5 Å². The lowest BCUT2D eigenvalue weighted by atomic mass is 10.1. The van der Waals surface area contributed by atoms with Gasteiger partial charge < -0.3 is 18.9 Å². The molecule has 1 atom stereocenters. The minimum Gasteiger partial charge on any atom is -0.486 e. The van der Waals surface area contributed by atoms with Crippen LogP contribution in [0.4, 0.5) is 5.69 Å². The lowest BCUT2D eigenvalue weighted by molar-refractivity contribution is -0.117. The Labute approximate surface area is 161 Å². The zero-order valence-corrected chi connectivity index (χ0v) is 15.4. The summed E-state index contributed by atoms with van der Waals surface area (Å²) in [6.07, 6.45) is 0.337. The smallest absolute Gasteiger partial charge is 0.232 e. The summed E-state index contributed by atoms with van der Waals surface area (Å²) in [5.41, 5.74) is 2.82. The molecule has 0 N–H and O–H groups in total. The van der Waals surface area contributed by atoms with Crippen molar-refractivity contribution >= 4 is 11.6 Å². The first kappa shape index (κ1) is 16.8. The molecule has 2 aliphatic heterocycles. The third-order valence-corrected chi connectivity index (χ3v) is 5.03. The van der Waals surface area contributed by atoms with E-state index in [2.05, 4.69) is 10.1 Å². The highest BCUT2D eigenvalue weighted by Gasteiger charge is 2.35. The molecule has 0 bridgehead atoms. The number of aryl methyl sites for hydroxylation is 1. The van der Waals surface area contributed by atoms with Crippen LogP contribution in [0.25, 0.3) is 11.4 Å². The first-order chi connectivity index (χ1) is 13.7. The van der Waals surface area contributed by atoms with Crippen LogP contribution in [0.1, 0.15) is 23.8 Å².